The summed E-state index contributed by atoms with van der Waals surface area (Å²) in [7, 11) is 0. The Morgan fingerprint density at radius 2 is 1.86 bits per heavy atom. The zero-order valence-electron chi connectivity index (χ0n) is 13.9. The second kappa shape index (κ2) is 7.12. The van der Waals surface area contributed by atoms with Crippen molar-refractivity contribution in [2.45, 2.75) is 11.5 Å². The van der Waals surface area contributed by atoms with E-state index in [9.17, 15) is 18.0 Å². The van der Waals surface area contributed by atoms with Crippen LogP contribution in [0.25, 0.3) is 11.3 Å². The third-order valence-corrected chi connectivity index (χ3v) is 4.47. The average Bonchev–Trinajstić information content (AvgIpc) is 3.23. The molecule has 0 fully saturated rings. The molecule has 0 atom stereocenters. The summed E-state index contributed by atoms with van der Waals surface area (Å²) in [5, 5.41) is 2.83. The summed E-state index contributed by atoms with van der Waals surface area (Å²) in [6, 6.07) is 9.67. The Balaban J connectivity index is 1.34. The number of hydrogen-bond donors (Lipinski definition) is 1. The molecule has 0 radical (unpaired) electrons. The molecule has 0 saturated heterocycles. The van der Waals surface area contributed by atoms with Gasteiger partial charge in [-0.05, 0) is 36.4 Å². The Hall–Kier alpha value is -3.14. The fourth-order valence-electron chi connectivity index (χ4n) is 2.42. The minimum Gasteiger partial charge on any atom is -0.431 e. The highest BCUT2D eigenvalue weighted by Crippen LogP contribution is 2.42. The second-order valence-corrected chi connectivity index (χ2v) is 6.59. The topological polar surface area (TPSA) is 73.6 Å². The molecule has 2 heterocycles. The van der Waals surface area contributed by atoms with Crippen molar-refractivity contribution in [2.75, 3.05) is 11.1 Å². The lowest BCUT2D eigenvalue weighted by Gasteiger charge is -2.05. The average molecular weight is 408 g/mol. The van der Waals surface area contributed by atoms with Crippen molar-refractivity contribution in [3.05, 3.63) is 54.5 Å². The number of nitrogens with zero attached hydrogens (tertiary/aromatic N) is 1. The van der Waals surface area contributed by atoms with Crippen LogP contribution < -0.4 is 14.8 Å². The zero-order chi connectivity index (χ0) is 19.7. The van der Waals surface area contributed by atoms with E-state index in [0.717, 1.165) is 11.8 Å². The van der Waals surface area contributed by atoms with Crippen LogP contribution in [0, 0.1) is 5.82 Å². The van der Waals surface area contributed by atoms with Gasteiger partial charge in [-0.15, -0.1) is 8.78 Å². The molecule has 2 aromatic carbocycles. The molecule has 144 valence electrons. The highest BCUT2D eigenvalue weighted by Gasteiger charge is 2.43. The van der Waals surface area contributed by atoms with Gasteiger partial charge in [-0.25, -0.2) is 9.37 Å². The Bertz CT molecular complexity index is 1020. The van der Waals surface area contributed by atoms with Gasteiger partial charge in [0.25, 0.3) is 5.22 Å². The van der Waals surface area contributed by atoms with Crippen LogP contribution in [-0.2, 0) is 4.79 Å². The Labute approximate surface area is 160 Å². The van der Waals surface area contributed by atoms with Crippen LogP contribution in [0.3, 0.4) is 0 Å². The molecule has 0 bridgehead atoms. The molecule has 3 aromatic rings. The predicted molar refractivity (Wildman–Crippen MR) is 93.9 cm³/mol. The largest absolute Gasteiger partial charge is 0.586 e. The van der Waals surface area contributed by atoms with Crippen molar-refractivity contribution in [3.8, 4) is 22.8 Å². The summed E-state index contributed by atoms with van der Waals surface area (Å²) in [6.45, 7) is 0. The number of ether oxygens (including phenoxy) is 2. The third-order valence-electron chi connectivity index (χ3n) is 3.62. The number of aromatic nitrogens is 1. The third kappa shape index (κ3) is 4.06. The normalized spacial score (nSPS) is 14.1. The fraction of sp³-hybridized carbons (Fsp3) is 0.111. The number of rotatable bonds is 5. The van der Waals surface area contributed by atoms with Crippen LogP contribution in [0.15, 0.2) is 58.3 Å². The van der Waals surface area contributed by atoms with E-state index in [1.807, 2.05) is 0 Å². The quantitative estimate of drug-likeness (QED) is 0.626. The number of hydrogen-bond acceptors (Lipinski definition) is 6. The minimum atomic E-state index is -3.71. The lowest BCUT2D eigenvalue weighted by Crippen LogP contribution is -2.25. The minimum absolute atomic E-state index is 0.0199. The van der Waals surface area contributed by atoms with Gasteiger partial charge in [0.1, 0.15) is 5.82 Å². The lowest BCUT2D eigenvalue weighted by atomic mass is 10.2. The van der Waals surface area contributed by atoms with E-state index >= 15 is 0 Å². The monoisotopic (exact) mass is 408 g/mol. The SMILES string of the molecule is O=C(CSc1ncc(-c2ccc(F)cc2)o1)Nc1ccc2c(c1)OC(F)(F)O2. The number of carbonyl (C=O) groups is 1. The number of amides is 1. The van der Waals surface area contributed by atoms with Crippen LogP contribution in [0.1, 0.15) is 0 Å². The van der Waals surface area contributed by atoms with Crippen LogP contribution in [0.2, 0.25) is 0 Å². The van der Waals surface area contributed by atoms with Gasteiger partial charge in [-0.3, -0.25) is 4.79 Å². The molecule has 28 heavy (non-hydrogen) atoms. The molecule has 10 heteroatoms. The fourth-order valence-corrected chi connectivity index (χ4v) is 3.03. The highest BCUT2D eigenvalue weighted by atomic mass is 32.2. The van der Waals surface area contributed by atoms with Crippen LogP contribution in [0.4, 0.5) is 18.9 Å². The number of carbonyl (C=O) groups excluding carboxylic acids is 1. The van der Waals surface area contributed by atoms with E-state index < -0.39 is 12.2 Å². The van der Waals surface area contributed by atoms with Gasteiger partial charge in [0.05, 0.1) is 11.9 Å². The maximum absolute atomic E-state index is 13.0. The van der Waals surface area contributed by atoms with E-state index in [1.54, 1.807) is 12.1 Å². The van der Waals surface area contributed by atoms with Crippen LogP contribution >= 0.6 is 11.8 Å². The number of fused-ring (bicyclic) bond motifs is 1. The first-order valence-electron chi connectivity index (χ1n) is 7.92. The molecule has 0 unspecified atom stereocenters. The number of anilines is 1. The maximum Gasteiger partial charge on any atom is 0.586 e. The number of benzene rings is 2. The molecule has 0 spiro atoms. The molecule has 4 rings (SSSR count). The van der Waals surface area contributed by atoms with Gasteiger partial charge in [-0.2, -0.15) is 0 Å². The van der Waals surface area contributed by atoms with E-state index in [2.05, 4.69) is 19.8 Å². The Morgan fingerprint density at radius 1 is 1.11 bits per heavy atom. The van der Waals surface area contributed by atoms with Crippen molar-refractivity contribution in [1.82, 2.24) is 4.98 Å². The van der Waals surface area contributed by atoms with Crippen LogP contribution in [0.5, 0.6) is 11.5 Å². The molecule has 0 saturated carbocycles. The first kappa shape index (κ1) is 18.2. The number of oxazole rings is 1. The number of alkyl halides is 2. The summed E-state index contributed by atoms with van der Waals surface area (Å²) in [4.78, 5) is 16.1. The van der Waals surface area contributed by atoms with Crippen LogP contribution in [-0.4, -0.2) is 22.9 Å². The molecule has 1 aliphatic rings. The molecular weight excluding hydrogens is 397 g/mol. The van der Waals surface area contributed by atoms with E-state index in [4.69, 9.17) is 4.42 Å². The Morgan fingerprint density at radius 3 is 2.64 bits per heavy atom. The lowest BCUT2D eigenvalue weighted by molar-refractivity contribution is -0.286. The van der Waals surface area contributed by atoms with Crippen molar-refractivity contribution in [1.29, 1.82) is 0 Å². The second-order valence-electron chi connectivity index (χ2n) is 5.66. The number of halogens is 3. The van der Waals surface area contributed by atoms with E-state index in [-0.39, 0.29) is 34.0 Å². The standard InChI is InChI=1S/C18H11F3N2O4S/c19-11-3-1-10(2-4-11)15-8-22-17(25-15)28-9-16(24)23-12-5-6-13-14(7-12)27-18(20,21)26-13/h1-8H,9H2,(H,23,24). The molecule has 1 aliphatic heterocycles. The molecule has 1 N–H and O–H groups in total. The van der Waals surface area contributed by atoms with Crippen molar-refractivity contribution < 1.29 is 31.9 Å². The summed E-state index contributed by atoms with van der Waals surface area (Å²) < 4.78 is 53.1. The Kier molecular flexibility index (Phi) is 4.63. The zero-order valence-corrected chi connectivity index (χ0v) is 14.8. The molecule has 1 amide bonds. The summed E-state index contributed by atoms with van der Waals surface area (Å²) in [5.41, 5.74) is 0.937. The first-order chi connectivity index (χ1) is 13.4. The first-order valence-corrected chi connectivity index (χ1v) is 8.91. The van der Waals surface area contributed by atoms with Gasteiger partial charge in [-0.1, -0.05) is 11.8 Å². The molecule has 1 aromatic heterocycles. The summed E-state index contributed by atoms with van der Waals surface area (Å²) >= 11 is 1.05. The van der Waals surface area contributed by atoms with Gasteiger partial charge in [0.15, 0.2) is 17.3 Å². The molecule has 6 nitrogen and oxygen atoms in total. The van der Waals surface area contributed by atoms with Crippen molar-refractivity contribution in [3.63, 3.8) is 0 Å². The van der Waals surface area contributed by atoms with Crippen molar-refractivity contribution in [2.24, 2.45) is 0 Å². The number of nitrogens with one attached hydrogen (secondary N) is 1. The van der Waals surface area contributed by atoms with E-state index in [0.29, 0.717) is 11.3 Å². The van der Waals surface area contributed by atoms with Gasteiger partial charge < -0.3 is 19.2 Å². The predicted octanol–water partition coefficient (Wildman–Crippen LogP) is 4.53. The highest BCUT2D eigenvalue weighted by molar-refractivity contribution is 7.99. The summed E-state index contributed by atoms with van der Waals surface area (Å²) in [6.07, 6.45) is -2.24. The smallest absolute Gasteiger partial charge is 0.431 e. The maximum atomic E-state index is 13.0. The van der Waals surface area contributed by atoms with Gasteiger partial charge >= 0.3 is 6.29 Å². The molecule has 0 aliphatic carbocycles. The van der Waals surface area contributed by atoms with Gasteiger partial charge in [0, 0.05) is 17.3 Å². The molecular formula is C18H11F3N2O4S. The van der Waals surface area contributed by atoms with E-state index in [1.165, 1.54) is 36.5 Å². The number of thioether (sulfide) groups is 1. The van der Waals surface area contributed by atoms with Gasteiger partial charge in [0.2, 0.25) is 5.91 Å². The van der Waals surface area contributed by atoms with Crippen molar-refractivity contribution >= 4 is 23.4 Å². The summed E-state index contributed by atoms with van der Waals surface area (Å²) in [5.74, 6) is -0.593.